The lowest BCUT2D eigenvalue weighted by molar-refractivity contribution is -0.144. The normalized spacial score (nSPS) is 14.0. The minimum atomic E-state index is -0.226. The van der Waals surface area contributed by atoms with Crippen LogP contribution < -0.4 is 0 Å². The molecule has 0 fully saturated rings. The van der Waals surface area contributed by atoms with Gasteiger partial charge in [0.05, 0.1) is 12.5 Å². The Hall–Kier alpha value is -1.81. The number of hydrogen-bond acceptors (Lipinski definition) is 4. The van der Waals surface area contributed by atoms with Gasteiger partial charge in [0.1, 0.15) is 5.03 Å². The van der Waals surface area contributed by atoms with Gasteiger partial charge in [-0.2, -0.15) is 0 Å². The fraction of sp³-hybridized carbons (Fsp3) is 0.294. The molecule has 2 aromatic rings. The first kappa shape index (κ1) is 14.1. The molecular weight excluding hydrogens is 282 g/mol. The molecule has 0 spiro atoms. The first-order chi connectivity index (χ1) is 10.2. The standard InChI is InChI=1S/C17H17NO2S/c1-3-20-17(19)11(2)12-6-7-15-14(9-12)10-13-5-4-8-18-16(13)21-15/h4-9,11H,3,10H2,1-2H3. The number of benzene rings is 1. The molecule has 0 aliphatic carbocycles. The highest BCUT2D eigenvalue weighted by Crippen LogP contribution is 2.39. The number of pyridine rings is 1. The van der Waals surface area contributed by atoms with Crippen molar-refractivity contribution in [1.82, 2.24) is 4.98 Å². The molecular formula is C17H17NO2S. The van der Waals surface area contributed by atoms with Crippen molar-refractivity contribution in [3.8, 4) is 0 Å². The number of carbonyl (C=O) groups excluding carboxylic acids is 1. The van der Waals surface area contributed by atoms with Gasteiger partial charge in [-0.3, -0.25) is 4.79 Å². The van der Waals surface area contributed by atoms with Crippen LogP contribution in [0.15, 0.2) is 46.5 Å². The Morgan fingerprint density at radius 2 is 2.24 bits per heavy atom. The minimum Gasteiger partial charge on any atom is -0.466 e. The second-order valence-electron chi connectivity index (χ2n) is 5.09. The zero-order valence-corrected chi connectivity index (χ0v) is 12.9. The first-order valence-corrected chi connectivity index (χ1v) is 7.92. The van der Waals surface area contributed by atoms with E-state index < -0.39 is 0 Å². The summed E-state index contributed by atoms with van der Waals surface area (Å²) in [6, 6.07) is 10.3. The van der Waals surface area contributed by atoms with E-state index in [1.54, 1.807) is 11.8 Å². The third-order valence-electron chi connectivity index (χ3n) is 3.66. The van der Waals surface area contributed by atoms with E-state index in [1.165, 1.54) is 16.0 Å². The summed E-state index contributed by atoms with van der Waals surface area (Å²) >= 11 is 1.69. The number of nitrogens with zero attached hydrogens (tertiary/aromatic N) is 1. The number of carbonyl (C=O) groups is 1. The maximum atomic E-state index is 11.9. The lowest BCUT2D eigenvalue weighted by Crippen LogP contribution is -2.13. The maximum Gasteiger partial charge on any atom is 0.313 e. The van der Waals surface area contributed by atoms with E-state index in [0.717, 1.165) is 17.0 Å². The molecule has 108 valence electrons. The Labute approximate surface area is 128 Å². The molecule has 3 rings (SSSR count). The summed E-state index contributed by atoms with van der Waals surface area (Å²) in [5.41, 5.74) is 3.52. The maximum absolute atomic E-state index is 11.9. The molecule has 2 heterocycles. The third-order valence-corrected chi connectivity index (χ3v) is 4.84. The van der Waals surface area contributed by atoms with E-state index in [9.17, 15) is 4.79 Å². The van der Waals surface area contributed by atoms with Crippen molar-refractivity contribution in [3.05, 3.63) is 53.2 Å². The number of aromatic nitrogens is 1. The predicted molar refractivity (Wildman–Crippen MR) is 82.7 cm³/mol. The Balaban J connectivity index is 1.88. The highest BCUT2D eigenvalue weighted by molar-refractivity contribution is 7.99. The summed E-state index contributed by atoms with van der Waals surface area (Å²) in [5.74, 6) is -0.390. The Kier molecular flexibility index (Phi) is 3.97. The molecule has 0 radical (unpaired) electrons. The van der Waals surface area contributed by atoms with Crippen molar-refractivity contribution in [2.24, 2.45) is 0 Å². The molecule has 1 aliphatic heterocycles. The Bertz CT molecular complexity index is 684. The summed E-state index contributed by atoms with van der Waals surface area (Å²) in [7, 11) is 0. The van der Waals surface area contributed by atoms with Crippen molar-refractivity contribution < 1.29 is 9.53 Å². The van der Waals surface area contributed by atoms with E-state index in [-0.39, 0.29) is 11.9 Å². The molecule has 0 saturated carbocycles. The van der Waals surface area contributed by atoms with Crippen molar-refractivity contribution in [3.63, 3.8) is 0 Å². The summed E-state index contributed by atoms with van der Waals surface area (Å²) in [4.78, 5) is 17.5. The number of esters is 1. The van der Waals surface area contributed by atoms with Gasteiger partial charge in [0.25, 0.3) is 0 Å². The highest BCUT2D eigenvalue weighted by atomic mass is 32.2. The molecule has 21 heavy (non-hydrogen) atoms. The van der Waals surface area contributed by atoms with Gasteiger partial charge in [-0.05, 0) is 42.7 Å². The number of hydrogen-bond donors (Lipinski definition) is 0. The fourth-order valence-electron chi connectivity index (χ4n) is 2.47. The Morgan fingerprint density at radius 1 is 1.38 bits per heavy atom. The minimum absolute atomic E-state index is 0.164. The lowest BCUT2D eigenvalue weighted by atomic mass is 9.96. The lowest BCUT2D eigenvalue weighted by Gasteiger charge is -2.20. The number of fused-ring (bicyclic) bond motifs is 2. The van der Waals surface area contributed by atoms with Crippen LogP contribution in [0.2, 0.25) is 0 Å². The monoisotopic (exact) mass is 299 g/mol. The molecule has 1 aromatic carbocycles. The third kappa shape index (κ3) is 2.81. The van der Waals surface area contributed by atoms with Crippen LogP contribution in [-0.2, 0) is 16.0 Å². The topological polar surface area (TPSA) is 39.2 Å². The van der Waals surface area contributed by atoms with Crippen molar-refractivity contribution in [1.29, 1.82) is 0 Å². The van der Waals surface area contributed by atoms with Gasteiger partial charge >= 0.3 is 5.97 Å². The van der Waals surface area contributed by atoms with E-state index in [2.05, 4.69) is 23.2 Å². The molecule has 3 nitrogen and oxygen atoms in total. The van der Waals surface area contributed by atoms with Crippen molar-refractivity contribution >= 4 is 17.7 Å². The number of rotatable bonds is 3. The first-order valence-electron chi connectivity index (χ1n) is 7.10. The van der Waals surface area contributed by atoms with Crippen LogP contribution in [0.3, 0.4) is 0 Å². The van der Waals surface area contributed by atoms with E-state index >= 15 is 0 Å². The SMILES string of the molecule is CCOC(=O)C(C)c1ccc2c(c1)Cc1cccnc1S2. The van der Waals surface area contributed by atoms with Gasteiger partial charge in [-0.25, -0.2) is 4.98 Å². The van der Waals surface area contributed by atoms with Crippen LogP contribution >= 0.6 is 11.8 Å². The summed E-state index contributed by atoms with van der Waals surface area (Å²) in [6.07, 6.45) is 2.70. The summed E-state index contributed by atoms with van der Waals surface area (Å²) in [5, 5.41) is 1.08. The van der Waals surface area contributed by atoms with Crippen LogP contribution in [0.5, 0.6) is 0 Å². The van der Waals surface area contributed by atoms with Gasteiger partial charge in [-0.15, -0.1) is 0 Å². The highest BCUT2D eigenvalue weighted by Gasteiger charge is 2.21. The molecule has 1 unspecified atom stereocenters. The molecule has 1 atom stereocenters. The zero-order valence-electron chi connectivity index (χ0n) is 12.1. The van der Waals surface area contributed by atoms with Crippen molar-refractivity contribution in [2.75, 3.05) is 6.61 Å². The van der Waals surface area contributed by atoms with Gasteiger partial charge in [0, 0.05) is 17.5 Å². The Morgan fingerprint density at radius 3 is 3.05 bits per heavy atom. The van der Waals surface area contributed by atoms with E-state index in [1.807, 2.05) is 32.2 Å². The van der Waals surface area contributed by atoms with Gasteiger partial charge < -0.3 is 4.74 Å². The molecule has 1 aliphatic rings. The smallest absolute Gasteiger partial charge is 0.313 e. The predicted octanol–water partition coefficient (Wildman–Crippen LogP) is 3.80. The van der Waals surface area contributed by atoms with Crippen LogP contribution in [-0.4, -0.2) is 17.6 Å². The molecule has 0 bridgehead atoms. The summed E-state index contributed by atoms with van der Waals surface area (Å²) in [6.45, 7) is 4.15. The second-order valence-corrected chi connectivity index (χ2v) is 6.12. The van der Waals surface area contributed by atoms with Crippen LogP contribution in [0.4, 0.5) is 0 Å². The van der Waals surface area contributed by atoms with Crippen LogP contribution in [0.25, 0.3) is 0 Å². The average molecular weight is 299 g/mol. The van der Waals surface area contributed by atoms with Gasteiger partial charge in [0.2, 0.25) is 0 Å². The largest absolute Gasteiger partial charge is 0.466 e. The van der Waals surface area contributed by atoms with Gasteiger partial charge in [-0.1, -0.05) is 30.0 Å². The van der Waals surface area contributed by atoms with Gasteiger partial charge in [0.15, 0.2) is 0 Å². The summed E-state index contributed by atoms with van der Waals surface area (Å²) < 4.78 is 5.10. The zero-order chi connectivity index (χ0) is 14.8. The second kappa shape index (κ2) is 5.90. The number of ether oxygens (including phenoxy) is 1. The molecule has 0 amide bonds. The van der Waals surface area contributed by atoms with E-state index in [0.29, 0.717) is 6.61 Å². The molecule has 0 N–H and O–H groups in total. The quantitative estimate of drug-likeness (QED) is 0.690. The average Bonchev–Trinajstić information content (AvgIpc) is 2.51. The van der Waals surface area contributed by atoms with Crippen molar-refractivity contribution in [2.45, 2.75) is 36.1 Å². The van der Waals surface area contributed by atoms with Crippen LogP contribution in [0, 0.1) is 0 Å². The molecule has 4 heteroatoms. The molecule has 0 saturated heterocycles. The van der Waals surface area contributed by atoms with Crippen LogP contribution in [0.1, 0.15) is 36.5 Å². The fourth-order valence-corrected chi connectivity index (χ4v) is 3.46. The van der Waals surface area contributed by atoms with E-state index in [4.69, 9.17) is 4.74 Å². The molecule has 1 aromatic heterocycles.